The van der Waals surface area contributed by atoms with E-state index in [0.717, 1.165) is 18.7 Å². The number of fused-ring (bicyclic) bond motifs is 1. The highest BCUT2D eigenvalue weighted by atomic mass is 16.3. The van der Waals surface area contributed by atoms with Crippen LogP contribution in [-0.2, 0) is 6.54 Å². The summed E-state index contributed by atoms with van der Waals surface area (Å²) in [4.78, 5) is 0. The molecule has 1 aromatic heterocycles. The van der Waals surface area contributed by atoms with Gasteiger partial charge in [-0.05, 0) is 26.3 Å². The third-order valence-electron chi connectivity index (χ3n) is 3.73. The highest BCUT2D eigenvalue weighted by Gasteiger charge is 2.29. The van der Waals surface area contributed by atoms with E-state index in [2.05, 4.69) is 36.6 Å². The van der Waals surface area contributed by atoms with E-state index in [0.29, 0.717) is 6.04 Å². The molecule has 3 nitrogen and oxygen atoms in total. The van der Waals surface area contributed by atoms with Crippen LogP contribution in [0.3, 0.4) is 0 Å². The SMILES string of the molecule is CC1(C)CC(NCc2coc3ccccc23)CN1. The topological polar surface area (TPSA) is 37.2 Å². The Labute approximate surface area is 108 Å². The van der Waals surface area contributed by atoms with Gasteiger partial charge in [-0.2, -0.15) is 0 Å². The van der Waals surface area contributed by atoms with Gasteiger partial charge in [-0.15, -0.1) is 0 Å². The van der Waals surface area contributed by atoms with Crippen LogP contribution >= 0.6 is 0 Å². The summed E-state index contributed by atoms with van der Waals surface area (Å²) in [6.07, 6.45) is 3.04. The molecule has 1 saturated heterocycles. The van der Waals surface area contributed by atoms with Gasteiger partial charge in [-0.25, -0.2) is 0 Å². The molecule has 3 heteroatoms. The van der Waals surface area contributed by atoms with Gasteiger partial charge in [0.1, 0.15) is 5.58 Å². The Kier molecular flexibility index (Phi) is 2.88. The minimum absolute atomic E-state index is 0.260. The fourth-order valence-electron chi connectivity index (χ4n) is 2.73. The molecule has 1 aliphatic rings. The second kappa shape index (κ2) is 4.41. The zero-order valence-corrected chi connectivity index (χ0v) is 11.0. The molecule has 96 valence electrons. The molecule has 0 saturated carbocycles. The number of hydrogen-bond donors (Lipinski definition) is 2. The van der Waals surface area contributed by atoms with Crippen LogP contribution < -0.4 is 10.6 Å². The Morgan fingerprint density at radius 3 is 3.00 bits per heavy atom. The summed E-state index contributed by atoms with van der Waals surface area (Å²) in [7, 11) is 0. The van der Waals surface area contributed by atoms with Gasteiger partial charge in [0.15, 0.2) is 0 Å². The van der Waals surface area contributed by atoms with E-state index in [1.807, 2.05) is 18.4 Å². The third kappa shape index (κ3) is 2.28. The molecule has 0 spiro atoms. The summed E-state index contributed by atoms with van der Waals surface area (Å²) in [5.41, 5.74) is 2.48. The quantitative estimate of drug-likeness (QED) is 0.871. The molecule has 1 fully saturated rings. The Balaban J connectivity index is 1.67. The molecule has 0 bridgehead atoms. The van der Waals surface area contributed by atoms with Gasteiger partial charge in [0.25, 0.3) is 0 Å². The molecular formula is C15H20N2O. The molecule has 1 aliphatic heterocycles. The normalized spacial score (nSPS) is 22.7. The smallest absolute Gasteiger partial charge is 0.134 e. The van der Waals surface area contributed by atoms with E-state index in [-0.39, 0.29) is 5.54 Å². The molecular weight excluding hydrogens is 224 g/mol. The average Bonchev–Trinajstić information content (AvgIpc) is 2.90. The van der Waals surface area contributed by atoms with Gasteiger partial charge in [0.05, 0.1) is 6.26 Å². The Bertz CT molecular complexity index is 544. The maximum Gasteiger partial charge on any atom is 0.134 e. The molecule has 3 rings (SSSR count). The van der Waals surface area contributed by atoms with Crippen LogP contribution in [0.4, 0.5) is 0 Å². The molecule has 18 heavy (non-hydrogen) atoms. The average molecular weight is 244 g/mol. The molecule has 0 radical (unpaired) electrons. The van der Waals surface area contributed by atoms with Gasteiger partial charge < -0.3 is 15.1 Å². The largest absolute Gasteiger partial charge is 0.464 e. The summed E-state index contributed by atoms with van der Waals surface area (Å²) in [5.74, 6) is 0. The van der Waals surface area contributed by atoms with Crippen molar-refractivity contribution in [2.45, 2.75) is 38.4 Å². The van der Waals surface area contributed by atoms with Crippen LogP contribution in [0.25, 0.3) is 11.0 Å². The van der Waals surface area contributed by atoms with Crippen LogP contribution in [0.15, 0.2) is 34.9 Å². The summed E-state index contributed by atoms with van der Waals surface area (Å²) in [6, 6.07) is 8.74. The molecule has 2 N–H and O–H groups in total. The lowest BCUT2D eigenvalue weighted by Crippen LogP contribution is -2.31. The number of furan rings is 1. The van der Waals surface area contributed by atoms with E-state index in [4.69, 9.17) is 4.42 Å². The molecule has 0 amide bonds. The summed E-state index contributed by atoms with van der Waals surface area (Å²) < 4.78 is 5.55. The van der Waals surface area contributed by atoms with Gasteiger partial charge in [-0.1, -0.05) is 18.2 Å². The number of rotatable bonds is 3. The second-order valence-corrected chi connectivity index (χ2v) is 5.80. The van der Waals surface area contributed by atoms with E-state index in [1.54, 1.807) is 0 Å². The second-order valence-electron chi connectivity index (χ2n) is 5.80. The van der Waals surface area contributed by atoms with E-state index in [1.165, 1.54) is 17.4 Å². The zero-order chi connectivity index (χ0) is 12.6. The maximum absolute atomic E-state index is 5.55. The van der Waals surface area contributed by atoms with Crippen LogP contribution in [-0.4, -0.2) is 18.1 Å². The molecule has 1 unspecified atom stereocenters. The van der Waals surface area contributed by atoms with Crippen molar-refractivity contribution >= 4 is 11.0 Å². The Morgan fingerprint density at radius 2 is 2.22 bits per heavy atom. The predicted octanol–water partition coefficient (Wildman–Crippen LogP) is 2.66. The summed E-state index contributed by atoms with van der Waals surface area (Å²) in [5, 5.41) is 8.35. The summed E-state index contributed by atoms with van der Waals surface area (Å²) >= 11 is 0. The van der Waals surface area contributed by atoms with Crippen molar-refractivity contribution in [3.8, 4) is 0 Å². The Hall–Kier alpha value is -1.32. The lowest BCUT2D eigenvalue weighted by Gasteiger charge is -2.17. The van der Waals surface area contributed by atoms with Crippen LogP contribution in [0, 0.1) is 0 Å². The first-order chi connectivity index (χ1) is 8.64. The van der Waals surface area contributed by atoms with Crippen molar-refractivity contribution in [2.75, 3.05) is 6.54 Å². The highest BCUT2D eigenvalue weighted by molar-refractivity contribution is 5.80. The molecule has 0 aliphatic carbocycles. The number of para-hydroxylation sites is 1. The van der Waals surface area contributed by atoms with Gasteiger partial charge in [-0.3, -0.25) is 0 Å². The number of benzene rings is 1. The minimum atomic E-state index is 0.260. The van der Waals surface area contributed by atoms with Gasteiger partial charge in [0.2, 0.25) is 0 Å². The first-order valence-corrected chi connectivity index (χ1v) is 6.58. The minimum Gasteiger partial charge on any atom is -0.464 e. The van der Waals surface area contributed by atoms with E-state index >= 15 is 0 Å². The Morgan fingerprint density at radius 1 is 1.39 bits per heavy atom. The highest BCUT2D eigenvalue weighted by Crippen LogP contribution is 2.22. The predicted molar refractivity (Wildman–Crippen MR) is 73.5 cm³/mol. The number of hydrogen-bond acceptors (Lipinski definition) is 3. The van der Waals surface area contributed by atoms with Crippen molar-refractivity contribution in [3.63, 3.8) is 0 Å². The monoisotopic (exact) mass is 244 g/mol. The molecule has 2 heterocycles. The van der Waals surface area contributed by atoms with Gasteiger partial charge in [0, 0.05) is 35.6 Å². The number of nitrogens with one attached hydrogen (secondary N) is 2. The fraction of sp³-hybridized carbons (Fsp3) is 0.467. The zero-order valence-electron chi connectivity index (χ0n) is 11.0. The fourth-order valence-corrected chi connectivity index (χ4v) is 2.73. The lowest BCUT2D eigenvalue weighted by molar-refractivity contribution is 0.442. The van der Waals surface area contributed by atoms with Crippen LogP contribution in [0.5, 0.6) is 0 Å². The molecule has 1 atom stereocenters. The molecule has 1 aromatic carbocycles. The summed E-state index contributed by atoms with van der Waals surface area (Å²) in [6.45, 7) is 6.42. The lowest BCUT2D eigenvalue weighted by atomic mass is 10.0. The van der Waals surface area contributed by atoms with Crippen LogP contribution in [0.2, 0.25) is 0 Å². The van der Waals surface area contributed by atoms with E-state index < -0.39 is 0 Å². The van der Waals surface area contributed by atoms with Crippen molar-refractivity contribution in [1.29, 1.82) is 0 Å². The standard InChI is InChI=1S/C15H20N2O/c1-15(2)7-12(9-17-15)16-8-11-10-18-14-6-4-3-5-13(11)14/h3-6,10,12,16-17H,7-9H2,1-2H3. The molecule has 2 aromatic rings. The van der Waals surface area contributed by atoms with Crippen molar-refractivity contribution in [2.24, 2.45) is 0 Å². The first kappa shape index (κ1) is 11.8. The van der Waals surface area contributed by atoms with Gasteiger partial charge >= 0.3 is 0 Å². The maximum atomic E-state index is 5.55. The van der Waals surface area contributed by atoms with Crippen LogP contribution in [0.1, 0.15) is 25.8 Å². The third-order valence-corrected chi connectivity index (χ3v) is 3.73. The van der Waals surface area contributed by atoms with Crippen molar-refractivity contribution in [1.82, 2.24) is 10.6 Å². The van der Waals surface area contributed by atoms with E-state index in [9.17, 15) is 0 Å². The van der Waals surface area contributed by atoms with Crippen molar-refractivity contribution < 1.29 is 4.42 Å². The van der Waals surface area contributed by atoms with Crippen molar-refractivity contribution in [3.05, 3.63) is 36.1 Å². The first-order valence-electron chi connectivity index (χ1n) is 6.58.